The van der Waals surface area contributed by atoms with Crippen molar-refractivity contribution in [1.29, 1.82) is 0 Å². The maximum absolute atomic E-state index is 14.4. The lowest BCUT2D eigenvalue weighted by molar-refractivity contribution is 0.0419. The monoisotopic (exact) mass is 542 g/mol. The fourth-order valence-corrected chi connectivity index (χ4v) is 9.09. The van der Waals surface area contributed by atoms with E-state index in [1.807, 2.05) is 0 Å². The smallest absolute Gasteiger partial charge is 0.204 e. The Morgan fingerprint density at radius 1 is 0.667 bits per heavy atom. The SMILES string of the molecule is C=CCCC1CCC(C2CCC(C3CCC4CC(COc5ccc(OCC)c(F)c5F)CCC4C3)CC2)CC1. The van der Waals surface area contributed by atoms with E-state index in [9.17, 15) is 8.78 Å². The lowest BCUT2D eigenvalue weighted by Crippen LogP contribution is -2.36. The molecule has 4 saturated carbocycles. The van der Waals surface area contributed by atoms with Gasteiger partial charge in [0.25, 0.3) is 0 Å². The van der Waals surface area contributed by atoms with Crippen LogP contribution in [0.3, 0.4) is 0 Å². The van der Waals surface area contributed by atoms with Crippen LogP contribution in [0.5, 0.6) is 11.5 Å². The van der Waals surface area contributed by atoms with E-state index in [1.54, 1.807) is 6.92 Å². The van der Waals surface area contributed by atoms with Crippen LogP contribution in [0.25, 0.3) is 0 Å². The average molecular weight is 543 g/mol. The summed E-state index contributed by atoms with van der Waals surface area (Å²) in [6.45, 7) is 6.45. The molecule has 0 bridgehead atoms. The molecule has 4 heteroatoms. The third-order valence-corrected chi connectivity index (χ3v) is 11.4. The zero-order chi connectivity index (χ0) is 27.2. The maximum Gasteiger partial charge on any atom is 0.204 e. The van der Waals surface area contributed by atoms with Crippen molar-refractivity contribution in [3.63, 3.8) is 0 Å². The molecule has 0 saturated heterocycles. The molecule has 5 rings (SSSR count). The minimum Gasteiger partial charge on any atom is -0.491 e. The number of allylic oxidation sites excluding steroid dienone is 1. The van der Waals surface area contributed by atoms with Crippen LogP contribution in [0.1, 0.15) is 110 Å². The van der Waals surface area contributed by atoms with Gasteiger partial charge in [-0.05, 0) is 156 Å². The van der Waals surface area contributed by atoms with Crippen LogP contribution in [0.2, 0.25) is 0 Å². The third-order valence-electron chi connectivity index (χ3n) is 11.4. The van der Waals surface area contributed by atoms with Crippen molar-refractivity contribution in [2.45, 2.75) is 110 Å². The topological polar surface area (TPSA) is 18.5 Å². The van der Waals surface area contributed by atoms with E-state index in [0.29, 0.717) is 19.1 Å². The molecule has 0 spiro atoms. The zero-order valence-electron chi connectivity index (χ0n) is 24.4. The molecular weight excluding hydrogens is 490 g/mol. The zero-order valence-corrected chi connectivity index (χ0v) is 24.4. The highest BCUT2D eigenvalue weighted by molar-refractivity contribution is 5.35. The Kier molecular flexibility index (Phi) is 10.3. The summed E-state index contributed by atoms with van der Waals surface area (Å²) in [4.78, 5) is 0. The van der Waals surface area contributed by atoms with Crippen molar-refractivity contribution >= 4 is 0 Å². The summed E-state index contributed by atoms with van der Waals surface area (Å²) in [5.41, 5.74) is 0. The Morgan fingerprint density at radius 2 is 1.13 bits per heavy atom. The van der Waals surface area contributed by atoms with Gasteiger partial charge in [-0.1, -0.05) is 18.9 Å². The van der Waals surface area contributed by atoms with Crippen LogP contribution in [0, 0.1) is 59.0 Å². The molecule has 4 unspecified atom stereocenters. The van der Waals surface area contributed by atoms with Crippen LogP contribution >= 0.6 is 0 Å². The van der Waals surface area contributed by atoms with Gasteiger partial charge in [-0.25, -0.2) is 0 Å². The first kappa shape index (κ1) is 28.9. The first-order chi connectivity index (χ1) is 19.1. The van der Waals surface area contributed by atoms with Crippen LogP contribution in [-0.2, 0) is 0 Å². The molecule has 1 aromatic rings. The second-order valence-electron chi connectivity index (χ2n) is 13.5. The molecule has 4 atom stereocenters. The molecule has 39 heavy (non-hydrogen) atoms. The minimum absolute atomic E-state index is 0.0122. The third kappa shape index (κ3) is 7.20. The fraction of sp³-hybridized carbons (Fsp3) is 0.771. The van der Waals surface area contributed by atoms with Gasteiger partial charge in [-0.2, -0.15) is 8.78 Å². The minimum atomic E-state index is -0.947. The Balaban J connectivity index is 1.02. The average Bonchev–Trinajstić information content (AvgIpc) is 2.98. The molecular formula is C35H52F2O2. The molecule has 4 aliphatic rings. The van der Waals surface area contributed by atoms with Gasteiger partial charge in [0.1, 0.15) is 0 Å². The van der Waals surface area contributed by atoms with E-state index in [-0.39, 0.29) is 11.5 Å². The number of hydrogen-bond acceptors (Lipinski definition) is 2. The fourth-order valence-electron chi connectivity index (χ4n) is 9.09. The molecule has 0 radical (unpaired) electrons. The van der Waals surface area contributed by atoms with Crippen molar-refractivity contribution in [2.24, 2.45) is 47.3 Å². The first-order valence-electron chi connectivity index (χ1n) is 16.4. The molecule has 0 N–H and O–H groups in total. The number of ether oxygens (including phenoxy) is 2. The number of fused-ring (bicyclic) bond motifs is 1. The highest BCUT2D eigenvalue weighted by Crippen LogP contribution is 2.50. The normalized spacial score (nSPS) is 35.2. The van der Waals surface area contributed by atoms with Crippen molar-refractivity contribution in [2.75, 3.05) is 13.2 Å². The van der Waals surface area contributed by atoms with E-state index in [0.717, 1.165) is 47.8 Å². The van der Waals surface area contributed by atoms with Gasteiger partial charge in [-0.15, -0.1) is 6.58 Å². The lowest BCUT2D eigenvalue weighted by Gasteiger charge is -2.46. The standard InChI is InChI=1S/C35H52F2O2/c1-3-5-6-24-7-10-26(11-8-24)27-13-15-28(16-14-27)30-18-17-29-21-25(9-12-31(29)22-30)23-39-33-20-19-32(38-4-2)34(36)35(33)37/h3,19-20,24-31H,1,4-18,21-23H2,2H3. The van der Waals surface area contributed by atoms with Gasteiger partial charge in [0, 0.05) is 0 Å². The van der Waals surface area contributed by atoms with Crippen LogP contribution in [0.15, 0.2) is 24.8 Å². The quantitative estimate of drug-likeness (QED) is 0.274. The summed E-state index contributed by atoms with van der Waals surface area (Å²) in [6.07, 6.45) is 24.3. The van der Waals surface area contributed by atoms with Gasteiger partial charge >= 0.3 is 0 Å². The molecule has 4 aliphatic carbocycles. The largest absolute Gasteiger partial charge is 0.491 e. The number of halogens is 2. The molecule has 0 aromatic heterocycles. The van der Waals surface area contributed by atoms with Crippen molar-refractivity contribution < 1.29 is 18.3 Å². The molecule has 1 aromatic carbocycles. The molecule has 218 valence electrons. The Morgan fingerprint density at radius 3 is 1.74 bits per heavy atom. The Hall–Kier alpha value is -1.58. The lowest BCUT2D eigenvalue weighted by atomic mass is 9.60. The summed E-state index contributed by atoms with van der Waals surface area (Å²) in [5, 5.41) is 0. The van der Waals surface area contributed by atoms with Gasteiger partial charge < -0.3 is 9.47 Å². The predicted octanol–water partition coefficient (Wildman–Crippen LogP) is 10.2. The van der Waals surface area contributed by atoms with Crippen molar-refractivity contribution in [3.8, 4) is 11.5 Å². The Bertz CT molecular complexity index is 915. The summed E-state index contributed by atoms with van der Waals surface area (Å²) in [6, 6.07) is 2.98. The van der Waals surface area contributed by atoms with E-state index >= 15 is 0 Å². The second kappa shape index (κ2) is 13.9. The molecule has 0 aliphatic heterocycles. The van der Waals surface area contributed by atoms with Gasteiger partial charge in [0.15, 0.2) is 11.5 Å². The maximum atomic E-state index is 14.4. The van der Waals surface area contributed by atoms with E-state index in [2.05, 4.69) is 12.7 Å². The van der Waals surface area contributed by atoms with Crippen LogP contribution in [0.4, 0.5) is 8.78 Å². The van der Waals surface area contributed by atoms with Gasteiger partial charge in [-0.3, -0.25) is 0 Å². The molecule has 2 nitrogen and oxygen atoms in total. The van der Waals surface area contributed by atoms with E-state index in [4.69, 9.17) is 9.47 Å². The molecule has 4 fully saturated rings. The van der Waals surface area contributed by atoms with Gasteiger partial charge in [0.05, 0.1) is 13.2 Å². The summed E-state index contributed by atoms with van der Waals surface area (Å²) in [7, 11) is 0. The Labute approximate surface area is 236 Å². The highest BCUT2D eigenvalue weighted by Gasteiger charge is 2.40. The summed E-state index contributed by atoms with van der Waals surface area (Å²) < 4.78 is 39.6. The van der Waals surface area contributed by atoms with Crippen molar-refractivity contribution in [1.82, 2.24) is 0 Å². The van der Waals surface area contributed by atoms with Gasteiger partial charge in [0.2, 0.25) is 11.6 Å². The number of rotatable bonds is 10. The second-order valence-corrected chi connectivity index (χ2v) is 13.5. The van der Waals surface area contributed by atoms with E-state index in [1.165, 1.54) is 108 Å². The predicted molar refractivity (Wildman–Crippen MR) is 155 cm³/mol. The molecule has 0 heterocycles. The van der Waals surface area contributed by atoms with E-state index < -0.39 is 11.6 Å². The summed E-state index contributed by atoms with van der Waals surface area (Å²) >= 11 is 0. The summed E-state index contributed by atoms with van der Waals surface area (Å²) in [5.74, 6) is 5.06. The highest BCUT2D eigenvalue weighted by atomic mass is 19.2. The van der Waals surface area contributed by atoms with Crippen LogP contribution < -0.4 is 9.47 Å². The van der Waals surface area contributed by atoms with Crippen molar-refractivity contribution in [3.05, 3.63) is 36.4 Å². The first-order valence-corrected chi connectivity index (χ1v) is 16.4. The molecule has 0 amide bonds. The van der Waals surface area contributed by atoms with Crippen LogP contribution in [-0.4, -0.2) is 13.2 Å². The number of hydrogen-bond donors (Lipinski definition) is 0. The number of benzene rings is 1.